The quantitative estimate of drug-likeness (QED) is 0.664. The Morgan fingerprint density at radius 3 is 2.29 bits per heavy atom. The molecule has 0 heterocycles. The summed E-state index contributed by atoms with van der Waals surface area (Å²) in [7, 11) is 0. The van der Waals surface area contributed by atoms with E-state index in [2.05, 4.69) is 19.8 Å². The van der Waals surface area contributed by atoms with Crippen LogP contribution in [0.25, 0.3) is 0 Å². The largest absolute Gasteiger partial charge is 0.378 e. The Balaban J connectivity index is 3.80. The Labute approximate surface area is 87.7 Å². The Kier molecular flexibility index (Phi) is 5.18. The smallest absolute Gasteiger partial charge is 0.122 e. The summed E-state index contributed by atoms with van der Waals surface area (Å²) in [5, 5.41) is 9.57. The standard InChI is InChI=1S/C12H22O2/c1-6-12(5,13)10-8-9-11(3,4)14-7-2/h1,13H,7-10H2,2-5H3/t12-/m0/s1. The molecule has 0 saturated carbocycles. The van der Waals surface area contributed by atoms with Crippen LogP contribution in [0.4, 0.5) is 0 Å². The Hall–Kier alpha value is -0.520. The van der Waals surface area contributed by atoms with Crippen molar-refractivity contribution < 1.29 is 9.84 Å². The van der Waals surface area contributed by atoms with Crippen molar-refractivity contribution in [3.63, 3.8) is 0 Å². The molecule has 0 bridgehead atoms. The molecule has 0 fully saturated rings. The molecule has 0 amide bonds. The van der Waals surface area contributed by atoms with E-state index in [4.69, 9.17) is 11.2 Å². The fourth-order valence-corrected chi connectivity index (χ4v) is 1.39. The van der Waals surface area contributed by atoms with Crippen molar-refractivity contribution in [1.82, 2.24) is 0 Å². The van der Waals surface area contributed by atoms with Gasteiger partial charge in [-0.25, -0.2) is 0 Å². The Morgan fingerprint density at radius 1 is 1.29 bits per heavy atom. The van der Waals surface area contributed by atoms with E-state index >= 15 is 0 Å². The van der Waals surface area contributed by atoms with Crippen molar-refractivity contribution in [2.45, 2.75) is 58.2 Å². The summed E-state index contributed by atoms with van der Waals surface area (Å²) < 4.78 is 5.54. The van der Waals surface area contributed by atoms with E-state index in [1.165, 1.54) is 0 Å². The van der Waals surface area contributed by atoms with Gasteiger partial charge in [0.1, 0.15) is 5.60 Å². The third kappa shape index (κ3) is 6.01. The molecule has 0 aliphatic rings. The molecule has 0 aromatic rings. The Bertz CT molecular complexity index is 199. The van der Waals surface area contributed by atoms with Gasteiger partial charge in [0.15, 0.2) is 0 Å². The number of terminal acetylenes is 1. The van der Waals surface area contributed by atoms with E-state index in [0.717, 1.165) is 19.4 Å². The highest BCUT2D eigenvalue weighted by atomic mass is 16.5. The van der Waals surface area contributed by atoms with Gasteiger partial charge in [-0.15, -0.1) is 6.42 Å². The van der Waals surface area contributed by atoms with Gasteiger partial charge in [0, 0.05) is 6.61 Å². The highest BCUT2D eigenvalue weighted by molar-refractivity contribution is 5.04. The van der Waals surface area contributed by atoms with Crippen LogP contribution < -0.4 is 0 Å². The fraction of sp³-hybridized carbons (Fsp3) is 0.833. The van der Waals surface area contributed by atoms with Gasteiger partial charge in [0.2, 0.25) is 0 Å². The average Bonchev–Trinajstić information content (AvgIpc) is 2.03. The topological polar surface area (TPSA) is 29.5 Å². The van der Waals surface area contributed by atoms with Crippen LogP contribution in [-0.2, 0) is 4.74 Å². The predicted molar refractivity (Wildman–Crippen MR) is 59.0 cm³/mol. The summed E-state index contributed by atoms with van der Waals surface area (Å²) >= 11 is 0. The lowest BCUT2D eigenvalue weighted by atomic mass is 9.94. The molecule has 0 unspecified atom stereocenters. The van der Waals surface area contributed by atoms with Crippen LogP contribution >= 0.6 is 0 Å². The maximum absolute atomic E-state index is 9.57. The number of ether oxygens (including phenoxy) is 1. The Morgan fingerprint density at radius 2 is 1.86 bits per heavy atom. The van der Waals surface area contributed by atoms with Crippen LogP contribution in [0.2, 0.25) is 0 Å². The molecule has 2 nitrogen and oxygen atoms in total. The minimum Gasteiger partial charge on any atom is -0.378 e. The molecule has 0 aliphatic carbocycles. The molecular formula is C12H22O2. The second-order valence-electron chi connectivity index (χ2n) is 4.46. The van der Waals surface area contributed by atoms with Gasteiger partial charge < -0.3 is 9.84 Å². The second kappa shape index (κ2) is 5.38. The highest BCUT2D eigenvalue weighted by Gasteiger charge is 2.21. The third-order valence-electron chi connectivity index (χ3n) is 2.29. The van der Waals surface area contributed by atoms with Gasteiger partial charge >= 0.3 is 0 Å². The normalized spacial score (nSPS) is 16.0. The molecular weight excluding hydrogens is 176 g/mol. The van der Waals surface area contributed by atoms with Crippen LogP contribution in [-0.4, -0.2) is 22.9 Å². The first-order valence-corrected chi connectivity index (χ1v) is 5.17. The maximum Gasteiger partial charge on any atom is 0.122 e. The van der Waals surface area contributed by atoms with Gasteiger partial charge in [-0.2, -0.15) is 0 Å². The predicted octanol–water partition coefficient (Wildman–Crippen LogP) is 2.36. The number of rotatable bonds is 6. The van der Waals surface area contributed by atoms with Gasteiger partial charge in [-0.1, -0.05) is 5.92 Å². The minimum atomic E-state index is -0.970. The molecule has 14 heavy (non-hydrogen) atoms. The summed E-state index contributed by atoms with van der Waals surface area (Å²) in [6.45, 7) is 8.49. The van der Waals surface area contributed by atoms with E-state index in [-0.39, 0.29) is 5.60 Å². The van der Waals surface area contributed by atoms with Gasteiger partial charge in [0.05, 0.1) is 5.60 Å². The van der Waals surface area contributed by atoms with Crippen molar-refractivity contribution >= 4 is 0 Å². The molecule has 0 aromatic carbocycles. The summed E-state index contributed by atoms with van der Waals surface area (Å²) in [6.07, 6.45) is 7.60. The van der Waals surface area contributed by atoms with E-state index in [0.29, 0.717) is 6.42 Å². The van der Waals surface area contributed by atoms with Crippen LogP contribution in [0.5, 0.6) is 0 Å². The zero-order chi connectivity index (χ0) is 11.2. The molecule has 0 saturated heterocycles. The van der Waals surface area contributed by atoms with Crippen molar-refractivity contribution in [1.29, 1.82) is 0 Å². The number of aliphatic hydroxyl groups is 1. The molecule has 0 spiro atoms. The van der Waals surface area contributed by atoms with Crippen LogP contribution in [0.3, 0.4) is 0 Å². The molecule has 0 aliphatic heterocycles. The summed E-state index contributed by atoms with van der Waals surface area (Å²) in [5.74, 6) is 2.37. The second-order valence-corrected chi connectivity index (χ2v) is 4.46. The summed E-state index contributed by atoms with van der Waals surface area (Å²) in [4.78, 5) is 0. The van der Waals surface area contributed by atoms with Crippen LogP contribution in [0, 0.1) is 12.3 Å². The lowest BCUT2D eigenvalue weighted by molar-refractivity contribution is -0.0209. The first-order valence-electron chi connectivity index (χ1n) is 5.17. The molecule has 1 N–H and O–H groups in total. The van der Waals surface area contributed by atoms with Crippen molar-refractivity contribution in [2.24, 2.45) is 0 Å². The van der Waals surface area contributed by atoms with Crippen LogP contribution in [0.1, 0.15) is 47.0 Å². The molecule has 0 rings (SSSR count). The number of hydrogen-bond acceptors (Lipinski definition) is 2. The van der Waals surface area contributed by atoms with Gasteiger partial charge in [-0.3, -0.25) is 0 Å². The fourth-order valence-electron chi connectivity index (χ4n) is 1.39. The van der Waals surface area contributed by atoms with E-state index < -0.39 is 5.60 Å². The molecule has 0 aromatic heterocycles. The maximum atomic E-state index is 9.57. The molecule has 0 radical (unpaired) electrons. The first-order chi connectivity index (χ1) is 6.33. The van der Waals surface area contributed by atoms with Gasteiger partial charge in [-0.05, 0) is 47.0 Å². The summed E-state index contributed by atoms with van der Waals surface area (Å²) in [6, 6.07) is 0. The third-order valence-corrected chi connectivity index (χ3v) is 2.29. The van der Waals surface area contributed by atoms with E-state index in [1.54, 1.807) is 6.92 Å². The van der Waals surface area contributed by atoms with Crippen molar-refractivity contribution in [3.8, 4) is 12.3 Å². The zero-order valence-corrected chi connectivity index (χ0v) is 9.76. The highest BCUT2D eigenvalue weighted by Crippen LogP contribution is 2.21. The SMILES string of the molecule is C#C[C@](C)(O)CCCC(C)(C)OCC. The lowest BCUT2D eigenvalue weighted by Gasteiger charge is -2.26. The van der Waals surface area contributed by atoms with E-state index in [9.17, 15) is 5.11 Å². The van der Waals surface area contributed by atoms with Gasteiger partial charge in [0.25, 0.3) is 0 Å². The number of hydrogen-bond donors (Lipinski definition) is 1. The first kappa shape index (κ1) is 13.5. The molecule has 1 atom stereocenters. The van der Waals surface area contributed by atoms with Crippen LogP contribution in [0.15, 0.2) is 0 Å². The van der Waals surface area contributed by atoms with Crippen molar-refractivity contribution in [2.75, 3.05) is 6.61 Å². The minimum absolute atomic E-state index is 0.112. The lowest BCUT2D eigenvalue weighted by Crippen LogP contribution is -2.27. The average molecular weight is 198 g/mol. The summed E-state index contributed by atoms with van der Waals surface area (Å²) in [5.41, 5.74) is -1.08. The molecule has 2 heteroatoms. The molecule has 82 valence electrons. The van der Waals surface area contributed by atoms with Crippen molar-refractivity contribution in [3.05, 3.63) is 0 Å². The van der Waals surface area contributed by atoms with E-state index in [1.807, 2.05) is 6.92 Å². The zero-order valence-electron chi connectivity index (χ0n) is 9.76. The monoisotopic (exact) mass is 198 g/mol.